The first-order valence-corrected chi connectivity index (χ1v) is 12.5. The predicted octanol–water partition coefficient (Wildman–Crippen LogP) is 5.62. The number of nitrogens with one attached hydrogen (secondary N) is 1. The van der Waals surface area contributed by atoms with Crippen LogP contribution in [-0.2, 0) is 9.59 Å². The van der Waals surface area contributed by atoms with E-state index in [1.54, 1.807) is 18.2 Å². The summed E-state index contributed by atoms with van der Waals surface area (Å²) in [4.78, 5) is 26.4. The molecule has 0 atom stereocenters. The van der Waals surface area contributed by atoms with E-state index in [1.165, 1.54) is 37.7 Å². The monoisotopic (exact) mass is 523 g/mol. The number of carbonyl (C=O) groups is 2. The van der Waals surface area contributed by atoms with Crippen LogP contribution >= 0.6 is 11.6 Å². The van der Waals surface area contributed by atoms with Gasteiger partial charge in [-0.3, -0.25) is 9.59 Å². The van der Waals surface area contributed by atoms with Crippen LogP contribution in [0.4, 0.5) is 24.5 Å². The summed E-state index contributed by atoms with van der Waals surface area (Å²) < 4.78 is 43.5. The number of rotatable bonds is 6. The number of amides is 2. The highest BCUT2D eigenvalue weighted by Gasteiger charge is 2.43. The molecule has 0 unspecified atom stereocenters. The third-order valence-corrected chi connectivity index (χ3v) is 7.01. The summed E-state index contributed by atoms with van der Waals surface area (Å²) in [6.45, 7) is 0.191. The minimum atomic E-state index is -4.87. The van der Waals surface area contributed by atoms with Gasteiger partial charge in [0.05, 0.1) is 10.7 Å². The van der Waals surface area contributed by atoms with E-state index in [4.69, 9.17) is 16.3 Å². The highest BCUT2D eigenvalue weighted by Crippen LogP contribution is 2.33. The molecule has 1 saturated carbocycles. The number of alkyl halides is 3. The third kappa shape index (κ3) is 6.63. The molecule has 0 bridgehead atoms. The van der Waals surface area contributed by atoms with Gasteiger partial charge in [0.1, 0.15) is 5.75 Å². The van der Waals surface area contributed by atoms with Gasteiger partial charge < -0.3 is 19.9 Å². The van der Waals surface area contributed by atoms with Crippen molar-refractivity contribution in [2.45, 2.75) is 44.2 Å². The summed E-state index contributed by atoms with van der Waals surface area (Å²) in [6.07, 6.45) is 1.42. The Morgan fingerprint density at radius 2 is 1.64 bits per heavy atom. The summed E-state index contributed by atoms with van der Waals surface area (Å²) in [5.74, 6) is -0.931. The molecular formula is C26H29ClF3N3O3. The van der Waals surface area contributed by atoms with E-state index in [0.717, 1.165) is 4.90 Å². The zero-order chi connectivity index (χ0) is 25.7. The first-order valence-electron chi connectivity index (χ1n) is 12.1. The molecule has 1 aliphatic carbocycles. The molecular weight excluding hydrogens is 495 g/mol. The zero-order valence-corrected chi connectivity index (χ0v) is 20.6. The van der Waals surface area contributed by atoms with E-state index in [2.05, 4.69) is 17.4 Å². The number of halogens is 4. The van der Waals surface area contributed by atoms with E-state index >= 15 is 0 Å². The fourth-order valence-corrected chi connectivity index (χ4v) is 5.09. The third-order valence-electron chi connectivity index (χ3n) is 6.71. The quantitative estimate of drug-likeness (QED) is 0.534. The maximum Gasteiger partial charge on any atom is 0.471 e. The van der Waals surface area contributed by atoms with E-state index in [0.29, 0.717) is 28.1 Å². The van der Waals surface area contributed by atoms with Crippen molar-refractivity contribution in [1.29, 1.82) is 0 Å². The second kappa shape index (κ2) is 11.4. The van der Waals surface area contributed by atoms with Gasteiger partial charge in [-0.15, -0.1) is 0 Å². The van der Waals surface area contributed by atoms with Gasteiger partial charge in [0, 0.05) is 31.9 Å². The van der Waals surface area contributed by atoms with Crippen LogP contribution in [0.5, 0.6) is 5.75 Å². The van der Waals surface area contributed by atoms with Crippen molar-refractivity contribution in [1.82, 2.24) is 4.90 Å². The lowest BCUT2D eigenvalue weighted by atomic mass is 9.84. The normalized spacial score (nSPS) is 17.1. The smallest absolute Gasteiger partial charge is 0.471 e. The molecule has 1 aliphatic heterocycles. The Morgan fingerprint density at radius 1 is 0.972 bits per heavy atom. The number of piperazine rings is 1. The number of anilines is 2. The molecule has 0 radical (unpaired) electrons. The summed E-state index contributed by atoms with van der Waals surface area (Å²) in [7, 11) is 0. The molecule has 1 heterocycles. The number of ether oxygens (including phenoxy) is 1. The van der Waals surface area contributed by atoms with Gasteiger partial charge in [-0.25, -0.2) is 0 Å². The number of hydrogen-bond donors (Lipinski definition) is 1. The summed E-state index contributed by atoms with van der Waals surface area (Å²) in [5.41, 5.74) is 2.42. The van der Waals surface area contributed by atoms with Crippen LogP contribution in [0.2, 0.25) is 5.02 Å². The van der Waals surface area contributed by atoms with Gasteiger partial charge in [0.25, 0.3) is 5.91 Å². The molecule has 0 aromatic heterocycles. The first-order chi connectivity index (χ1) is 17.2. The van der Waals surface area contributed by atoms with Crippen LogP contribution in [0.1, 0.15) is 43.6 Å². The highest BCUT2D eigenvalue weighted by atomic mass is 35.5. The van der Waals surface area contributed by atoms with E-state index < -0.39 is 12.1 Å². The van der Waals surface area contributed by atoms with Gasteiger partial charge in [-0.2, -0.15) is 13.2 Å². The molecule has 0 spiro atoms. The second-order valence-electron chi connectivity index (χ2n) is 9.18. The lowest BCUT2D eigenvalue weighted by molar-refractivity contribution is -0.185. The van der Waals surface area contributed by atoms with Gasteiger partial charge in [0.2, 0.25) is 0 Å². The largest absolute Gasteiger partial charge is 0.484 e. The molecule has 2 fully saturated rings. The number of benzene rings is 2. The Morgan fingerprint density at radius 3 is 2.25 bits per heavy atom. The van der Waals surface area contributed by atoms with E-state index in [-0.39, 0.29) is 38.7 Å². The predicted molar refractivity (Wildman–Crippen MR) is 133 cm³/mol. The van der Waals surface area contributed by atoms with Crippen molar-refractivity contribution in [2.75, 3.05) is 43.0 Å². The van der Waals surface area contributed by atoms with Gasteiger partial charge in [-0.1, -0.05) is 43.0 Å². The summed E-state index contributed by atoms with van der Waals surface area (Å²) >= 11 is 6.38. The van der Waals surface area contributed by atoms with Crippen molar-refractivity contribution in [3.05, 3.63) is 53.1 Å². The van der Waals surface area contributed by atoms with Crippen molar-refractivity contribution >= 4 is 34.8 Å². The molecule has 6 nitrogen and oxygen atoms in total. The Bertz CT molecular complexity index is 1060. The van der Waals surface area contributed by atoms with Gasteiger partial charge in [0.15, 0.2) is 6.61 Å². The van der Waals surface area contributed by atoms with Crippen LogP contribution < -0.4 is 15.0 Å². The van der Waals surface area contributed by atoms with E-state index in [1.807, 2.05) is 17.0 Å². The molecule has 4 rings (SSSR count). The Kier molecular flexibility index (Phi) is 8.28. The Hall–Kier alpha value is -2.94. The van der Waals surface area contributed by atoms with Crippen LogP contribution in [0.25, 0.3) is 0 Å². The molecule has 2 aromatic carbocycles. The second-order valence-corrected chi connectivity index (χ2v) is 9.59. The highest BCUT2D eigenvalue weighted by molar-refractivity contribution is 6.33. The van der Waals surface area contributed by atoms with Crippen LogP contribution in [0, 0.1) is 0 Å². The number of nitrogens with zero attached hydrogens (tertiary/aromatic N) is 2. The van der Waals surface area contributed by atoms with Crippen LogP contribution in [0.15, 0.2) is 42.5 Å². The standard InChI is InChI=1S/C26H29ClF3N3O3/c27-22-16-20(8-11-23(22)32-12-14-33(15-13-32)25(35)26(28,29)30)31-24(34)17-36-21-9-6-19(7-10-21)18-4-2-1-3-5-18/h6-11,16,18H,1-5,12-15,17H2,(H,31,34). The average molecular weight is 524 g/mol. The molecule has 2 aliphatic rings. The van der Waals surface area contributed by atoms with Crippen molar-refractivity contribution < 1.29 is 27.5 Å². The minimum Gasteiger partial charge on any atom is -0.484 e. The molecule has 1 saturated heterocycles. The average Bonchev–Trinajstić information content (AvgIpc) is 2.88. The molecule has 1 N–H and O–H groups in total. The number of carbonyl (C=O) groups excluding carboxylic acids is 2. The zero-order valence-electron chi connectivity index (χ0n) is 19.8. The SMILES string of the molecule is O=C(COc1ccc(C2CCCCC2)cc1)Nc1ccc(N2CCN(C(=O)C(F)(F)F)CC2)c(Cl)c1. The molecule has 36 heavy (non-hydrogen) atoms. The summed E-state index contributed by atoms with van der Waals surface area (Å²) in [5, 5.41) is 3.09. The first kappa shape index (κ1) is 26.1. The lowest BCUT2D eigenvalue weighted by Crippen LogP contribution is -2.52. The molecule has 10 heteroatoms. The van der Waals surface area contributed by atoms with Gasteiger partial charge >= 0.3 is 12.1 Å². The van der Waals surface area contributed by atoms with Crippen LogP contribution in [0.3, 0.4) is 0 Å². The number of hydrogen-bond acceptors (Lipinski definition) is 4. The van der Waals surface area contributed by atoms with Crippen molar-refractivity contribution in [3.63, 3.8) is 0 Å². The van der Waals surface area contributed by atoms with Gasteiger partial charge in [-0.05, 0) is 54.7 Å². The lowest BCUT2D eigenvalue weighted by Gasteiger charge is -2.36. The maximum absolute atomic E-state index is 12.6. The van der Waals surface area contributed by atoms with Crippen LogP contribution in [-0.4, -0.2) is 55.7 Å². The van der Waals surface area contributed by atoms with Crippen molar-refractivity contribution in [3.8, 4) is 5.75 Å². The summed E-state index contributed by atoms with van der Waals surface area (Å²) in [6, 6.07) is 12.9. The molecule has 194 valence electrons. The Balaban J connectivity index is 1.25. The minimum absolute atomic E-state index is 0.0495. The fraction of sp³-hybridized carbons (Fsp3) is 0.462. The topological polar surface area (TPSA) is 61.9 Å². The van der Waals surface area contributed by atoms with Crippen molar-refractivity contribution in [2.24, 2.45) is 0 Å². The van der Waals surface area contributed by atoms with E-state index in [9.17, 15) is 22.8 Å². The molecule has 2 amide bonds. The Labute approximate surface area is 213 Å². The maximum atomic E-state index is 12.6. The molecule has 2 aromatic rings. The fourth-order valence-electron chi connectivity index (χ4n) is 4.79.